The lowest BCUT2D eigenvalue weighted by Crippen LogP contribution is -2.44. The second-order valence-electron chi connectivity index (χ2n) is 4.20. The fourth-order valence-electron chi connectivity index (χ4n) is 1.96. The number of nitrogens with zero attached hydrogens (tertiary/aromatic N) is 1. The van der Waals surface area contributed by atoms with Gasteiger partial charge < -0.3 is 4.90 Å². The molecule has 4 nitrogen and oxygen atoms in total. The average molecular weight is 268 g/mol. The average Bonchev–Trinajstić information content (AvgIpc) is 2.54. The molecule has 1 aliphatic rings. The Morgan fingerprint density at radius 2 is 2.19 bits per heavy atom. The van der Waals surface area contributed by atoms with Gasteiger partial charge in [-0.2, -0.15) is 0 Å². The fourth-order valence-corrected chi connectivity index (χ4v) is 3.82. The fraction of sp³-hybridized carbons (Fsp3) is 0.900. The monoisotopic (exact) mass is 267 g/mol. The van der Waals surface area contributed by atoms with Crippen LogP contribution in [0.4, 0.5) is 0 Å². The van der Waals surface area contributed by atoms with Crippen LogP contribution in [0, 0.1) is 0 Å². The van der Waals surface area contributed by atoms with Crippen molar-refractivity contribution in [3.8, 4) is 0 Å². The lowest BCUT2D eigenvalue weighted by molar-refractivity contribution is -0.132. The Kier molecular flexibility index (Phi) is 4.62. The number of sulfone groups is 1. The van der Waals surface area contributed by atoms with E-state index in [1.165, 1.54) is 0 Å². The predicted molar refractivity (Wildman–Crippen MR) is 64.4 cm³/mol. The molecule has 0 aromatic rings. The van der Waals surface area contributed by atoms with E-state index >= 15 is 0 Å². The molecule has 0 aromatic carbocycles. The topological polar surface area (TPSA) is 54.5 Å². The summed E-state index contributed by atoms with van der Waals surface area (Å²) in [5, 5.41) is -0.588. The van der Waals surface area contributed by atoms with Crippen molar-refractivity contribution in [3.63, 3.8) is 0 Å². The zero-order valence-corrected chi connectivity index (χ0v) is 11.2. The lowest BCUT2D eigenvalue weighted by Gasteiger charge is -2.28. The first-order valence-electron chi connectivity index (χ1n) is 5.52. The Balaban J connectivity index is 2.75. The highest BCUT2D eigenvalue weighted by molar-refractivity contribution is 7.91. The Labute approximate surface area is 102 Å². The molecule has 1 rings (SSSR count). The van der Waals surface area contributed by atoms with Gasteiger partial charge in [-0.05, 0) is 19.8 Å². The minimum atomic E-state index is -2.95. The van der Waals surface area contributed by atoms with E-state index in [0.717, 1.165) is 6.42 Å². The zero-order valence-electron chi connectivity index (χ0n) is 9.65. The number of carbonyl (C=O) groups excluding carboxylic acids is 1. The third-order valence-corrected chi connectivity index (χ3v) is 4.67. The molecule has 0 unspecified atom stereocenters. The standard InChI is InChI=1S/C10H18ClNO3S/c1-3-5-12(10(13)8(2)11)9-4-6-16(14,15)7-9/h8-9H,3-7H2,1-2H3/t8-,9+/m0/s1. The maximum atomic E-state index is 11.8. The summed E-state index contributed by atoms with van der Waals surface area (Å²) in [6.07, 6.45) is 1.35. The second kappa shape index (κ2) is 5.36. The van der Waals surface area contributed by atoms with E-state index < -0.39 is 15.2 Å². The zero-order chi connectivity index (χ0) is 12.3. The Hall–Kier alpha value is -0.290. The van der Waals surface area contributed by atoms with E-state index in [9.17, 15) is 13.2 Å². The largest absolute Gasteiger partial charge is 0.337 e. The molecule has 0 aromatic heterocycles. The van der Waals surface area contributed by atoms with Gasteiger partial charge in [0.15, 0.2) is 9.84 Å². The van der Waals surface area contributed by atoms with Crippen LogP contribution in [0.2, 0.25) is 0 Å². The Bertz CT molecular complexity index is 353. The quantitative estimate of drug-likeness (QED) is 0.715. The third kappa shape index (κ3) is 3.35. The Morgan fingerprint density at radius 1 is 1.56 bits per heavy atom. The first kappa shape index (κ1) is 13.8. The molecule has 1 fully saturated rings. The molecule has 0 spiro atoms. The third-order valence-electron chi connectivity index (χ3n) is 2.74. The van der Waals surface area contributed by atoms with Gasteiger partial charge in [0.2, 0.25) is 5.91 Å². The molecule has 0 radical (unpaired) electrons. The van der Waals surface area contributed by atoms with Gasteiger partial charge >= 0.3 is 0 Å². The van der Waals surface area contributed by atoms with Crippen molar-refractivity contribution in [1.82, 2.24) is 4.90 Å². The smallest absolute Gasteiger partial charge is 0.240 e. The van der Waals surface area contributed by atoms with Crippen LogP contribution in [0.25, 0.3) is 0 Å². The van der Waals surface area contributed by atoms with Crippen molar-refractivity contribution in [3.05, 3.63) is 0 Å². The number of amides is 1. The van der Waals surface area contributed by atoms with Crippen LogP contribution >= 0.6 is 11.6 Å². The Morgan fingerprint density at radius 3 is 2.56 bits per heavy atom. The number of halogens is 1. The van der Waals surface area contributed by atoms with Crippen LogP contribution in [0.15, 0.2) is 0 Å². The molecule has 1 saturated heterocycles. The molecule has 0 N–H and O–H groups in total. The number of alkyl halides is 1. The first-order valence-corrected chi connectivity index (χ1v) is 7.78. The molecule has 1 heterocycles. The van der Waals surface area contributed by atoms with E-state index in [-0.39, 0.29) is 23.5 Å². The van der Waals surface area contributed by atoms with Gasteiger partial charge in [-0.25, -0.2) is 8.42 Å². The molecule has 0 aliphatic carbocycles. The second-order valence-corrected chi connectivity index (χ2v) is 7.09. The lowest BCUT2D eigenvalue weighted by atomic mass is 10.2. The normalized spacial score (nSPS) is 25.3. The molecule has 1 amide bonds. The molecule has 2 atom stereocenters. The number of hydrogen-bond donors (Lipinski definition) is 0. The first-order chi connectivity index (χ1) is 7.37. The van der Waals surface area contributed by atoms with E-state index in [2.05, 4.69) is 0 Å². The molecule has 94 valence electrons. The summed E-state index contributed by atoms with van der Waals surface area (Å²) in [7, 11) is -2.95. The highest BCUT2D eigenvalue weighted by Crippen LogP contribution is 2.19. The number of rotatable bonds is 4. The highest BCUT2D eigenvalue weighted by atomic mass is 35.5. The molecule has 0 saturated carbocycles. The van der Waals surface area contributed by atoms with Crippen molar-refractivity contribution < 1.29 is 13.2 Å². The minimum Gasteiger partial charge on any atom is -0.337 e. The molecule has 0 bridgehead atoms. The molecule has 1 aliphatic heterocycles. The summed E-state index contributed by atoms with van der Waals surface area (Å²) >= 11 is 5.77. The van der Waals surface area contributed by atoms with Gasteiger partial charge in [0, 0.05) is 12.6 Å². The number of carbonyl (C=O) groups is 1. The molecular weight excluding hydrogens is 250 g/mol. The SMILES string of the molecule is CCCN(C(=O)[C@H](C)Cl)[C@@H]1CCS(=O)(=O)C1. The van der Waals surface area contributed by atoms with Crippen LogP contribution in [0.1, 0.15) is 26.7 Å². The van der Waals surface area contributed by atoms with E-state index in [1.54, 1.807) is 11.8 Å². The maximum absolute atomic E-state index is 11.8. The van der Waals surface area contributed by atoms with Crippen molar-refractivity contribution in [2.75, 3.05) is 18.1 Å². The van der Waals surface area contributed by atoms with Crippen molar-refractivity contribution >= 4 is 27.3 Å². The highest BCUT2D eigenvalue weighted by Gasteiger charge is 2.35. The maximum Gasteiger partial charge on any atom is 0.240 e. The van der Waals surface area contributed by atoms with E-state index in [0.29, 0.717) is 13.0 Å². The summed E-state index contributed by atoms with van der Waals surface area (Å²) in [5.41, 5.74) is 0. The summed E-state index contributed by atoms with van der Waals surface area (Å²) in [6.45, 7) is 4.16. The van der Waals surface area contributed by atoms with Gasteiger partial charge in [0.1, 0.15) is 5.38 Å². The predicted octanol–water partition coefficient (Wildman–Crippen LogP) is 1.04. The van der Waals surface area contributed by atoms with Gasteiger partial charge in [-0.15, -0.1) is 11.6 Å². The van der Waals surface area contributed by atoms with Crippen LogP contribution in [0.5, 0.6) is 0 Å². The van der Waals surface area contributed by atoms with Crippen LogP contribution in [-0.4, -0.2) is 48.7 Å². The van der Waals surface area contributed by atoms with Crippen molar-refractivity contribution in [1.29, 1.82) is 0 Å². The molecular formula is C10H18ClNO3S. The van der Waals surface area contributed by atoms with Crippen molar-refractivity contribution in [2.45, 2.75) is 38.1 Å². The van der Waals surface area contributed by atoms with Crippen molar-refractivity contribution in [2.24, 2.45) is 0 Å². The van der Waals surface area contributed by atoms with Crippen LogP contribution < -0.4 is 0 Å². The summed E-state index contributed by atoms with van der Waals surface area (Å²) in [5.74, 6) is 0.107. The van der Waals surface area contributed by atoms with Gasteiger partial charge in [-0.3, -0.25) is 4.79 Å². The molecule has 16 heavy (non-hydrogen) atoms. The van der Waals surface area contributed by atoms with Crippen LogP contribution in [0.3, 0.4) is 0 Å². The van der Waals surface area contributed by atoms with E-state index in [4.69, 9.17) is 11.6 Å². The van der Waals surface area contributed by atoms with Gasteiger partial charge in [-0.1, -0.05) is 6.92 Å². The van der Waals surface area contributed by atoms with Gasteiger partial charge in [0.25, 0.3) is 0 Å². The summed E-state index contributed by atoms with van der Waals surface area (Å²) in [6, 6.07) is -0.182. The molecule has 6 heteroatoms. The summed E-state index contributed by atoms with van der Waals surface area (Å²) < 4.78 is 22.7. The number of hydrogen-bond acceptors (Lipinski definition) is 3. The van der Waals surface area contributed by atoms with Crippen LogP contribution in [-0.2, 0) is 14.6 Å². The van der Waals surface area contributed by atoms with E-state index in [1.807, 2.05) is 6.92 Å². The van der Waals surface area contributed by atoms with Gasteiger partial charge in [0.05, 0.1) is 11.5 Å². The summed E-state index contributed by atoms with van der Waals surface area (Å²) in [4.78, 5) is 13.5. The minimum absolute atomic E-state index is 0.0857.